The van der Waals surface area contributed by atoms with Gasteiger partial charge in [-0.1, -0.05) is 6.07 Å². The lowest BCUT2D eigenvalue weighted by atomic mass is 10.2. The van der Waals surface area contributed by atoms with Crippen molar-refractivity contribution in [1.82, 2.24) is 15.3 Å². The van der Waals surface area contributed by atoms with E-state index < -0.39 is 0 Å². The van der Waals surface area contributed by atoms with Gasteiger partial charge in [-0.2, -0.15) is 0 Å². The summed E-state index contributed by atoms with van der Waals surface area (Å²) in [6, 6.07) is 8.89. The number of morpholine rings is 1. The van der Waals surface area contributed by atoms with Gasteiger partial charge in [-0.3, -0.25) is 4.79 Å². The standard InChI is InChI=1S/C17H20N4O3/c1-23-14-4-2-3-13(11-14)17(22)19-12-15-18-6-5-16(20-15)21-7-9-24-10-8-21/h2-6,11H,7-10,12H2,1H3,(H,19,22). The van der Waals surface area contributed by atoms with E-state index in [1.807, 2.05) is 6.07 Å². The van der Waals surface area contributed by atoms with Gasteiger partial charge < -0.3 is 19.7 Å². The van der Waals surface area contributed by atoms with E-state index in [1.54, 1.807) is 37.6 Å². The normalized spacial score (nSPS) is 14.3. The zero-order valence-corrected chi connectivity index (χ0v) is 13.6. The maximum Gasteiger partial charge on any atom is 0.251 e. The third kappa shape index (κ3) is 3.99. The van der Waals surface area contributed by atoms with Crippen molar-refractivity contribution in [2.75, 3.05) is 38.3 Å². The van der Waals surface area contributed by atoms with E-state index in [9.17, 15) is 4.79 Å². The molecular weight excluding hydrogens is 308 g/mol. The van der Waals surface area contributed by atoms with Gasteiger partial charge in [-0.25, -0.2) is 9.97 Å². The number of hydrogen-bond acceptors (Lipinski definition) is 6. The Balaban J connectivity index is 1.62. The molecule has 1 aliphatic rings. The van der Waals surface area contributed by atoms with E-state index in [4.69, 9.17) is 9.47 Å². The van der Waals surface area contributed by atoms with Gasteiger partial charge in [0.25, 0.3) is 5.91 Å². The largest absolute Gasteiger partial charge is 0.497 e. The molecule has 0 saturated carbocycles. The number of carbonyl (C=O) groups excluding carboxylic acids is 1. The number of nitrogens with one attached hydrogen (secondary N) is 1. The van der Waals surface area contributed by atoms with Gasteiger partial charge >= 0.3 is 0 Å². The molecule has 1 N–H and O–H groups in total. The van der Waals surface area contributed by atoms with Crippen LogP contribution in [0.2, 0.25) is 0 Å². The van der Waals surface area contributed by atoms with Gasteiger partial charge in [-0.15, -0.1) is 0 Å². The summed E-state index contributed by atoms with van der Waals surface area (Å²) in [4.78, 5) is 23.1. The summed E-state index contributed by atoms with van der Waals surface area (Å²) in [6.07, 6.45) is 1.71. The molecule has 0 aliphatic carbocycles. The quantitative estimate of drug-likeness (QED) is 0.890. The fourth-order valence-corrected chi connectivity index (χ4v) is 2.47. The third-order valence-electron chi connectivity index (χ3n) is 3.76. The van der Waals surface area contributed by atoms with Crippen LogP contribution in [0.5, 0.6) is 5.75 Å². The van der Waals surface area contributed by atoms with Crippen molar-refractivity contribution >= 4 is 11.7 Å². The Bertz CT molecular complexity index is 702. The highest BCUT2D eigenvalue weighted by molar-refractivity contribution is 5.94. The first kappa shape index (κ1) is 16.2. The Morgan fingerprint density at radius 3 is 2.96 bits per heavy atom. The van der Waals surface area contributed by atoms with E-state index in [0.29, 0.717) is 30.4 Å². The molecule has 7 heteroatoms. The molecule has 1 aliphatic heterocycles. The van der Waals surface area contributed by atoms with Crippen molar-refractivity contribution in [2.24, 2.45) is 0 Å². The molecule has 1 fully saturated rings. The highest BCUT2D eigenvalue weighted by Gasteiger charge is 2.13. The molecule has 1 amide bonds. The van der Waals surface area contributed by atoms with E-state index in [2.05, 4.69) is 20.2 Å². The van der Waals surface area contributed by atoms with Crippen LogP contribution in [0.3, 0.4) is 0 Å². The number of ether oxygens (including phenoxy) is 2. The minimum Gasteiger partial charge on any atom is -0.497 e. The van der Waals surface area contributed by atoms with Gasteiger partial charge in [0.1, 0.15) is 17.4 Å². The minimum absolute atomic E-state index is 0.186. The molecule has 0 unspecified atom stereocenters. The van der Waals surface area contributed by atoms with E-state index >= 15 is 0 Å². The average Bonchev–Trinajstić information content (AvgIpc) is 2.67. The molecule has 0 spiro atoms. The Hall–Kier alpha value is -2.67. The molecule has 3 rings (SSSR count). The number of methoxy groups -OCH3 is 1. The minimum atomic E-state index is -0.186. The number of amides is 1. The maximum absolute atomic E-state index is 12.2. The zero-order chi connectivity index (χ0) is 16.8. The molecule has 0 bridgehead atoms. The fourth-order valence-electron chi connectivity index (χ4n) is 2.47. The average molecular weight is 328 g/mol. The Morgan fingerprint density at radius 2 is 2.17 bits per heavy atom. The van der Waals surface area contributed by atoms with Gasteiger partial charge in [-0.05, 0) is 24.3 Å². The van der Waals surface area contributed by atoms with Crippen LogP contribution in [-0.2, 0) is 11.3 Å². The summed E-state index contributed by atoms with van der Waals surface area (Å²) < 4.78 is 10.5. The summed E-state index contributed by atoms with van der Waals surface area (Å²) in [7, 11) is 1.57. The van der Waals surface area contributed by atoms with Crippen LogP contribution in [0.1, 0.15) is 16.2 Å². The second-order valence-corrected chi connectivity index (χ2v) is 5.35. The van der Waals surface area contributed by atoms with Crippen molar-refractivity contribution in [3.63, 3.8) is 0 Å². The lowest BCUT2D eigenvalue weighted by molar-refractivity contribution is 0.0949. The first-order valence-corrected chi connectivity index (χ1v) is 7.83. The van der Waals surface area contributed by atoms with Crippen molar-refractivity contribution in [3.8, 4) is 5.75 Å². The van der Waals surface area contributed by atoms with E-state index in [1.165, 1.54) is 0 Å². The Morgan fingerprint density at radius 1 is 1.33 bits per heavy atom. The summed E-state index contributed by atoms with van der Waals surface area (Å²) >= 11 is 0. The molecule has 24 heavy (non-hydrogen) atoms. The van der Waals surface area contributed by atoms with Crippen LogP contribution in [0.4, 0.5) is 5.82 Å². The molecule has 0 atom stereocenters. The van der Waals surface area contributed by atoms with E-state index in [0.717, 1.165) is 18.9 Å². The highest BCUT2D eigenvalue weighted by atomic mass is 16.5. The molecule has 0 radical (unpaired) electrons. The topological polar surface area (TPSA) is 76.6 Å². The lowest BCUT2D eigenvalue weighted by Crippen LogP contribution is -2.37. The van der Waals surface area contributed by atoms with Gasteiger partial charge in [0.15, 0.2) is 0 Å². The number of hydrogen-bond donors (Lipinski definition) is 1. The number of nitrogens with zero attached hydrogens (tertiary/aromatic N) is 3. The van der Waals surface area contributed by atoms with Crippen LogP contribution >= 0.6 is 0 Å². The monoisotopic (exact) mass is 328 g/mol. The van der Waals surface area contributed by atoms with Crippen LogP contribution in [0, 0.1) is 0 Å². The van der Waals surface area contributed by atoms with Gasteiger partial charge in [0.05, 0.1) is 26.9 Å². The van der Waals surface area contributed by atoms with Gasteiger partial charge in [0.2, 0.25) is 0 Å². The SMILES string of the molecule is COc1cccc(C(=O)NCc2nccc(N3CCOCC3)n2)c1. The Kier molecular flexibility index (Phi) is 5.22. The maximum atomic E-state index is 12.2. The predicted octanol–water partition coefficient (Wildman–Crippen LogP) is 1.25. The van der Waals surface area contributed by atoms with Crippen molar-refractivity contribution < 1.29 is 14.3 Å². The van der Waals surface area contributed by atoms with Crippen LogP contribution < -0.4 is 15.0 Å². The third-order valence-corrected chi connectivity index (χ3v) is 3.76. The van der Waals surface area contributed by atoms with Crippen molar-refractivity contribution in [3.05, 3.63) is 47.9 Å². The smallest absolute Gasteiger partial charge is 0.251 e. The molecule has 1 saturated heterocycles. The highest BCUT2D eigenvalue weighted by Crippen LogP contribution is 2.13. The molecule has 2 aromatic rings. The summed E-state index contributed by atoms with van der Waals surface area (Å²) in [6.45, 7) is 3.30. The first-order valence-electron chi connectivity index (χ1n) is 7.83. The molecular formula is C17H20N4O3. The number of benzene rings is 1. The molecule has 1 aromatic carbocycles. The molecule has 7 nitrogen and oxygen atoms in total. The van der Waals surface area contributed by atoms with E-state index in [-0.39, 0.29) is 12.5 Å². The van der Waals surface area contributed by atoms with Crippen LogP contribution in [-0.4, -0.2) is 49.3 Å². The second kappa shape index (κ2) is 7.74. The van der Waals surface area contributed by atoms with Crippen LogP contribution in [0.15, 0.2) is 36.5 Å². The zero-order valence-electron chi connectivity index (χ0n) is 13.6. The summed E-state index contributed by atoms with van der Waals surface area (Å²) in [5.74, 6) is 1.90. The van der Waals surface area contributed by atoms with Crippen molar-refractivity contribution in [1.29, 1.82) is 0 Å². The summed E-state index contributed by atoms with van der Waals surface area (Å²) in [5, 5.41) is 2.83. The number of rotatable bonds is 5. The fraction of sp³-hybridized carbons (Fsp3) is 0.353. The summed E-state index contributed by atoms with van der Waals surface area (Å²) in [5.41, 5.74) is 0.540. The second-order valence-electron chi connectivity index (χ2n) is 5.35. The van der Waals surface area contributed by atoms with Crippen molar-refractivity contribution in [2.45, 2.75) is 6.54 Å². The first-order chi connectivity index (χ1) is 11.8. The predicted molar refractivity (Wildman–Crippen MR) is 89.2 cm³/mol. The van der Waals surface area contributed by atoms with Crippen LogP contribution in [0.25, 0.3) is 0 Å². The Labute approximate surface area is 140 Å². The molecule has 126 valence electrons. The lowest BCUT2D eigenvalue weighted by Gasteiger charge is -2.27. The molecule has 1 aromatic heterocycles. The van der Waals surface area contributed by atoms with Gasteiger partial charge in [0, 0.05) is 24.8 Å². The number of carbonyl (C=O) groups is 1. The molecule has 2 heterocycles. The number of anilines is 1. The number of aromatic nitrogens is 2.